The zero-order chi connectivity index (χ0) is 19.4. The number of hydrogen-bond donors (Lipinski definition) is 2. The van der Waals surface area contributed by atoms with Gasteiger partial charge in [-0.25, -0.2) is 0 Å². The second-order valence-electron chi connectivity index (χ2n) is 6.39. The van der Waals surface area contributed by atoms with Crippen LogP contribution in [0.5, 0.6) is 5.75 Å². The minimum absolute atomic E-state index is 0.0688. The first kappa shape index (κ1) is 19.6. The molecule has 0 aromatic heterocycles. The van der Waals surface area contributed by atoms with Gasteiger partial charge in [0.1, 0.15) is 5.75 Å². The third-order valence-corrected chi connectivity index (χ3v) is 5.54. The molecule has 0 aliphatic heterocycles. The number of halogens is 1. The Bertz CT molecular complexity index is 855. The molecule has 5 nitrogen and oxygen atoms in total. The number of thioether (sulfide) groups is 1. The molecule has 27 heavy (non-hydrogen) atoms. The van der Waals surface area contributed by atoms with Gasteiger partial charge in [0, 0.05) is 22.2 Å². The number of ether oxygens (including phenoxy) is 1. The van der Waals surface area contributed by atoms with E-state index in [0.29, 0.717) is 16.5 Å². The molecule has 0 heterocycles. The number of anilines is 2. The van der Waals surface area contributed by atoms with Gasteiger partial charge in [0.15, 0.2) is 0 Å². The van der Waals surface area contributed by atoms with Crippen molar-refractivity contribution in [1.29, 1.82) is 0 Å². The van der Waals surface area contributed by atoms with Crippen LogP contribution in [0.2, 0.25) is 5.02 Å². The maximum Gasteiger partial charge on any atom is 0.237 e. The van der Waals surface area contributed by atoms with Crippen LogP contribution >= 0.6 is 23.4 Å². The quantitative estimate of drug-likeness (QED) is 0.649. The van der Waals surface area contributed by atoms with Gasteiger partial charge in [0.25, 0.3) is 0 Å². The van der Waals surface area contributed by atoms with Crippen LogP contribution in [-0.2, 0) is 9.59 Å². The molecule has 1 aliphatic rings. The molecule has 0 bridgehead atoms. The number of methoxy groups -OCH3 is 1. The van der Waals surface area contributed by atoms with Gasteiger partial charge in [-0.2, -0.15) is 0 Å². The Morgan fingerprint density at radius 1 is 1.15 bits per heavy atom. The molecule has 2 amide bonds. The summed E-state index contributed by atoms with van der Waals surface area (Å²) in [5, 5.41) is 5.90. The van der Waals surface area contributed by atoms with Crippen molar-refractivity contribution in [2.24, 2.45) is 5.92 Å². The monoisotopic (exact) mass is 404 g/mol. The van der Waals surface area contributed by atoms with Gasteiger partial charge >= 0.3 is 0 Å². The largest absolute Gasteiger partial charge is 0.495 e. The molecular weight excluding hydrogens is 384 g/mol. The van der Waals surface area contributed by atoms with Crippen molar-refractivity contribution in [1.82, 2.24) is 0 Å². The fourth-order valence-electron chi connectivity index (χ4n) is 2.48. The number of carbonyl (C=O) groups is 2. The number of hydrogen-bond acceptors (Lipinski definition) is 4. The van der Waals surface area contributed by atoms with Crippen molar-refractivity contribution in [2.45, 2.75) is 29.9 Å². The van der Waals surface area contributed by atoms with Crippen LogP contribution in [0, 0.1) is 5.92 Å². The predicted octanol–water partition coefficient (Wildman–Crippen LogP) is 4.82. The first-order valence-corrected chi connectivity index (χ1v) is 9.94. The second-order valence-corrected chi connectivity index (χ2v) is 8.21. The van der Waals surface area contributed by atoms with E-state index in [0.717, 1.165) is 23.4 Å². The molecule has 142 valence electrons. The maximum atomic E-state index is 12.5. The van der Waals surface area contributed by atoms with Gasteiger partial charge in [0.2, 0.25) is 11.8 Å². The van der Waals surface area contributed by atoms with Crippen molar-refractivity contribution in [3.63, 3.8) is 0 Å². The van der Waals surface area contributed by atoms with E-state index in [1.165, 1.54) is 11.8 Å². The smallest absolute Gasteiger partial charge is 0.237 e. The first-order chi connectivity index (χ1) is 13.0. The lowest BCUT2D eigenvalue weighted by Gasteiger charge is -2.14. The summed E-state index contributed by atoms with van der Waals surface area (Å²) in [6.45, 7) is 1.83. The van der Waals surface area contributed by atoms with E-state index in [1.807, 2.05) is 31.2 Å². The summed E-state index contributed by atoms with van der Waals surface area (Å²) in [7, 11) is 1.54. The highest BCUT2D eigenvalue weighted by Crippen LogP contribution is 2.32. The maximum absolute atomic E-state index is 12.5. The molecule has 2 aromatic carbocycles. The third-order valence-electron chi connectivity index (χ3n) is 4.15. The van der Waals surface area contributed by atoms with Gasteiger partial charge in [-0.1, -0.05) is 17.7 Å². The van der Waals surface area contributed by atoms with Crippen molar-refractivity contribution in [3.05, 3.63) is 47.5 Å². The SMILES string of the molecule is COc1ccc(NC(=O)C(C)Sc2cccc(NC(=O)C3CC3)c2)cc1Cl. The van der Waals surface area contributed by atoms with E-state index in [2.05, 4.69) is 10.6 Å². The van der Waals surface area contributed by atoms with Crippen molar-refractivity contribution < 1.29 is 14.3 Å². The molecule has 1 aliphatic carbocycles. The van der Waals surface area contributed by atoms with E-state index >= 15 is 0 Å². The normalized spacial score (nSPS) is 14.3. The zero-order valence-electron chi connectivity index (χ0n) is 15.1. The molecule has 0 radical (unpaired) electrons. The Kier molecular flexibility index (Phi) is 6.29. The average Bonchev–Trinajstić information content (AvgIpc) is 3.47. The van der Waals surface area contributed by atoms with Crippen LogP contribution < -0.4 is 15.4 Å². The van der Waals surface area contributed by atoms with Gasteiger partial charge < -0.3 is 15.4 Å². The fourth-order valence-corrected chi connectivity index (χ4v) is 3.67. The number of benzene rings is 2. The Hall–Kier alpha value is -2.18. The van der Waals surface area contributed by atoms with E-state index in [-0.39, 0.29) is 23.0 Å². The fraction of sp³-hybridized carbons (Fsp3) is 0.300. The van der Waals surface area contributed by atoms with E-state index in [1.54, 1.807) is 25.3 Å². The van der Waals surface area contributed by atoms with Crippen LogP contribution in [0.4, 0.5) is 11.4 Å². The molecule has 0 saturated heterocycles. The summed E-state index contributed by atoms with van der Waals surface area (Å²) < 4.78 is 5.11. The summed E-state index contributed by atoms with van der Waals surface area (Å²) >= 11 is 7.52. The van der Waals surface area contributed by atoms with Crippen LogP contribution in [-0.4, -0.2) is 24.2 Å². The van der Waals surface area contributed by atoms with Crippen LogP contribution in [0.1, 0.15) is 19.8 Å². The molecule has 1 fully saturated rings. The Balaban J connectivity index is 1.59. The molecule has 7 heteroatoms. The van der Waals surface area contributed by atoms with E-state index in [9.17, 15) is 9.59 Å². The highest BCUT2D eigenvalue weighted by molar-refractivity contribution is 8.00. The summed E-state index contributed by atoms with van der Waals surface area (Å²) in [5.41, 5.74) is 1.37. The standard InChI is InChI=1S/C20H21ClN2O3S/c1-12(19(24)22-15-8-9-18(26-2)17(21)11-15)27-16-5-3-4-14(10-16)23-20(25)13-6-7-13/h3-5,8-13H,6-7H2,1-2H3,(H,22,24)(H,23,25). The summed E-state index contributed by atoms with van der Waals surface area (Å²) in [5.74, 6) is 0.650. The predicted molar refractivity (Wildman–Crippen MR) is 110 cm³/mol. The average molecular weight is 405 g/mol. The highest BCUT2D eigenvalue weighted by atomic mass is 35.5. The summed E-state index contributed by atoms with van der Waals surface area (Å²) in [6.07, 6.45) is 1.93. The molecular formula is C20H21ClN2O3S. The molecule has 1 saturated carbocycles. The molecule has 3 rings (SSSR count). The topological polar surface area (TPSA) is 67.4 Å². The number of rotatable bonds is 7. The molecule has 2 aromatic rings. The summed E-state index contributed by atoms with van der Waals surface area (Å²) in [4.78, 5) is 25.3. The zero-order valence-corrected chi connectivity index (χ0v) is 16.7. The van der Waals surface area contributed by atoms with Gasteiger partial charge in [0.05, 0.1) is 17.4 Å². The molecule has 1 unspecified atom stereocenters. The Morgan fingerprint density at radius 2 is 1.89 bits per heavy atom. The van der Waals surface area contributed by atoms with Gasteiger partial charge in [-0.15, -0.1) is 11.8 Å². The van der Waals surface area contributed by atoms with Crippen LogP contribution in [0.3, 0.4) is 0 Å². The number of carbonyl (C=O) groups excluding carboxylic acids is 2. The van der Waals surface area contributed by atoms with E-state index in [4.69, 9.17) is 16.3 Å². The number of nitrogens with one attached hydrogen (secondary N) is 2. The lowest BCUT2D eigenvalue weighted by molar-refractivity contribution is -0.117. The Labute approximate surface area is 167 Å². The van der Waals surface area contributed by atoms with Gasteiger partial charge in [-0.3, -0.25) is 9.59 Å². The second kappa shape index (κ2) is 8.67. The number of amides is 2. The molecule has 2 N–H and O–H groups in total. The van der Waals surface area contributed by atoms with Crippen molar-refractivity contribution in [3.8, 4) is 5.75 Å². The minimum Gasteiger partial charge on any atom is -0.495 e. The van der Waals surface area contributed by atoms with E-state index < -0.39 is 0 Å². The third kappa shape index (κ3) is 5.40. The molecule has 0 spiro atoms. The highest BCUT2D eigenvalue weighted by Gasteiger charge is 2.29. The minimum atomic E-state index is -0.319. The van der Waals surface area contributed by atoms with Crippen molar-refractivity contribution in [2.75, 3.05) is 17.7 Å². The molecule has 1 atom stereocenters. The van der Waals surface area contributed by atoms with Crippen LogP contribution in [0.25, 0.3) is 0 Å². The summed E-state index contributed by atoms with van der Waals surface area (Å²) in [6, 6.07) is 12.6. The lowest BCUT2D eigenvalue weighted by Crippen LogP contribution is -2.22. The van der Waals surface area contributed by atoms with Crippen molar-refractivity contribution >= 4 is 46.6 Å². The van der Waals surface area contributed by atoms with Gasteiger partial charge in [-0.05, 0) is 56.2 Å². The first-order valence-electron chi connectivity index (χ1n) is 8.68. The lowest BCUT2D eigenvalue weighted by atomic mass is 10.3. The van der Waals surface area contributed by atoms with Crippen LogP contribution in [0.15, 0.2) is 47.4 Å². The Morgan fingerprint density at radius 3 is 2.56 bits per heavy atom.